The van der Waals surface area contributed by atoms with E-state index in [2.05, 4.69) is 61.0 Å². The van der Waals surface area contributed by atoms with Crippen molar-refractivity contribution in [3.05, 3.63) is 53.6 Å². The summed E-state index contributed by atoms with van der Waals surface area (Å²) in [7, 11) is 4.01. The Kier molecular flexibility index (Phi) is 7.73. The maximum absolute atomic E-state index is 12.9. The second kappa shape index (κ2) is 10.9. The average molecular weight is 475 g/mol. The second-order valence-electron chi connectivity index (χ2n) is 9.96. The van der Waals surface area contributed by atoms with Crippen molar-refractivity contribution >= 4 is 34.4 Å². The number of carbonyl (C=O) groups excluding carboxylic acids is 1. The zero-order valence-corrected chi connectivity index (χ0v) is 21.6. The van der Waals surface area contributed by atoms with E-state index >= 15 is 0 Å². The van der Waals surface area contributed by atoms with E-state index in [4.69, 9.17) is 9.97 Å². The highest BCUT2D eigenvalue weighted by molar-refractivity contribution is 5.91. The van der Waals surface area contributed by atoms with Crippen molar-refractivity contribution < 1.29 is 4.79 Å². The van der Waals surface area contributed by atoms with E-state index in [1.807, 2.05) is 37.2 Å². The van der Waals surface area contributed by atoms with Crippen molar-refractivity contribution in [2.24, 2.45) is 0 Å². The van der Waals surface area contributed by atoms with Crippen molar-refractivity contribution in [2.75, 3.05) is 29.6 Å². The number of aromatic nitrogens is 2. The zero-order valence-electron chi connectivity index (χ0n) is 21.6. The molecule has 3 aromatic rings. The normalized spacial score (nSPS) is 17.9. The number of urea groups is 1. The first-order chi connectivity index (χ1) is 16.9. The third-order valence-electron chi connectivity index (χ3n) is 6.83. The Hall–Kier alpha value is -3.35. The third-order valence-corrected chi connectivity index (χ3v) is 6.83. The van der Waals surface area contributed by atoms with Crippen LogP contribution in [-0.2, 0) is 6.42 Å². The molecule has 3 N–H and O–H groups in total. The van der Waals surface area contributed by atoms with Gasteiger partial charge in [0.05, 0.1) is 5.52 Å². The van der Waals surface area contributed by atoms with Gasteiger partial charge in [-0.2, -0.15) is 4.98 Å². The molecule has 0 unspecified atom stereocenters. The highest BCUT2D eigenvalue weighted by Crippen LogP contribution is 2.29. The van der Waals surface area contributed by atoms with E-state index < -0.39 is 0 Å². The van der Waals surface area contributed by atoms with Crippen LogP contribution in [0, 0.1) is 0 Å². The molecule has 35 heavy (non-hydrogen) atoms. The van der Waals surface area contributed by atoms with E-state index in [9.17, 15) is 4.79 Å². The van der Waals surface area contributed by atoms with Crippen molar-refractivity contribution in [3.8, 4) is 0 Å². The standard InChI is InChI=1S/C28H38N6O/c1-6-19-10-9-12-22(18(2)3)25(19)32-28(35)30-21-16-14-20(15-17-21)29-27-31-24-13-8-7-11-23(24)26(33-27)34(4)5/h7-13,18,20-21H,6,14-17H2,1-5H3,(H,29,31,33)(H2,30,32,35). The fourth-order valence-electron chi connectivity index (χ4n) is 4.91. The van der Waals surface area contributed by atoms with Crippen LogP contribution in [-0.4, -0.2) is 42.2 Å². The summed E-state index contributed by atoms with van der Waals surface area (Å²) in [4.78, 5) is 24.4. The van der Waals surface area contributed by atoms with E-state index in [0.29, 0.717) is 17.9 Å². The summed E-state index contributed by atoms with van der Waals surface area (Å²) < 4.78 is 0. The van der Waals surface area contributed by atoms with Gasteiger partial charge in [0, 0.05) is 37.3 Å². The lowest BCUT2D eigenvalue weighted by Crippen LogP contribution is -2.42. The first-order valence-corrected chi connectivity index (χ1v) is 12.8. The number of nitrogens with one attached hydrogen (secondary N) is 3. The van der Waals surface area contributed by atoms with E-state index in [1.54, 1.807) is 0 Å². The van der Waals surface area contributed by atoms with Crippen LogP contribution in [0.15, 0.2) is 42.5 Å². The van der Waals surface area contributed by atoms with Crippen molar-refractivity contribution in [1.82, 2.24) is 15.3 Å². The van der Waals surface area contributed by atoms with Gasteiger partial charge in [0.25, 0.3) is 0 Å². The van der Waals surface area contributed by atoms with Gasteiger partial charge in [-0.15, -0.1) is 0 Å². The summed E-state index contributed by atoms with van der Waals surface area (Å²) in [6.07, 6.45) is 4.65. The summed E-state index contributed by atoms with van der Waals surface area (Å²) in [6.45, 7) is 6.44. The van der Waals surface area contributed by atoms with Crippen LogP contribution < -0.4 is 20.9 Å². The predicted octanol–water partition coefficient (Wildman–Crippen LogP) is 5.93. The van der Waals surface area contributed by atoms with Crippen molar-refractivity contribution in [3.63, 3.8) is 0 Å². The SMILES string of the molecule is CCc1cccc(C(C)C)c1NC(=O)NC1CCC(Nc2nc(N(C)C)c3ccccc3n2)CC1. The molecule has 0 aliphatic heterocycles. The van der Waals surface area contributed by atoms with E-state index in [-0.39, 0.29) is 12.1 Å². The van der Waals surface area contributed by atoms with Crippen LogP contribution in [0.1, 0.15) is 63.5 Å². The van der Waals surface area contributed by atoms with Gasteiger partial charge in [0.2, 0.25) is 5.95 Å². The summed E-state index contributed by atoms with van der Waals surface area (Å²) in [6, 6.07) is 14.7. The second-order valence-corrected chi connectivity index (χ2v) is 9.96. The molecule has 2 aromatic carbocycles. The number of hydrogen-bond donors (Lipinski definition) is 3. The Bertz CT molecular complexity index is 1170. The largest absolute Gasteiger partial charge is 0.362 e. The molecule has 1 aliphatic rings. The molecule has 7 heteroatoms. The number of carbonyl (C=O) groups is 1. The van der Waals surface area contributed by atoms with Gasteiger partial charge >= 0.3 is 6.03 Å². The third kappa shape index (κ3) is 5.84. The van der Waals surface area contributed by atoms with Crippen LogP contribution in [0.3, 0.4) is 0 Å². The summed E-state index contributed by atoms with van der Waals surface area (Å²) in [5, 5.41) is 10.9. The molecule has 0 bridgehead atoms. The molecule has 1 fully saturated rings. The monoisotopic (exact) mass is 474 g/mol. The minimum absolute atomic E-state index is 0.113. The molecule has 4 rings (SSSR count). The van der Waals surface area contributed by atoms with Gasteiger partial charge in [0.1, 0.15) is 5.82 Å². The molecule has 1 aromatic heterocycles. The van der Waals surface area contributed by atoms with E-state index in [1.165, 1.54) is 11.1 Å². The Balaban J connectivity index is 1.35. The van der Waals surface area contributed by atoms with Gasteiger partial charge in [-0.3, -0.25) is 0 Å². The maximum Gasteiger partial charge on any atom is 0.319 e. The number of benzene rings is 2. The maximum atomic E-state index is 12.9. The van der Waals surface area contributed by atoms with Gasteiger partial charge in [-0.25, -0.2) is 9.78 Å². The van der Waals surface area contributed by atoms with Crippen molar-refractivity contribution in [2.45, 2.75) is 70.9 Å². The first kappa shape index (κ1) is 24.8. The Morgan fingerprint density at radius 3 is 2.40 bits per heavy atom. The number of anilines is 3. The molecule has 186 valence electrons. The Morgan fingerprint density at radius 2 is 1.71 bits per heavy atom. The van der Waals surface area contributed by atoms with Gasteiger partial charge in [-0.1, -0.05) is 51.1 Å². The topological polar surface area (TPSA) is 82.2 Å². The van der Waals surface area contributed by atoms with Crippen LogP contribution in [0.4, 0.5) is 22.2 Å². The number of para-hydroxylation sites is 2. The zero-order chi connectivity index (χ0) is 24.9. The van der Waals surface area contributed by atoms with Crippen LogP contribution in [0.25, 0.3) is 10.9 Å². The smallest absolute Gasteiger partial charge is 0.319 e. The highest BCUT2D eigenvalue weighted by atomic mass is 16.2. The fraction of sp³-hybridized carbons (Fsp3) is 0.464. The average Bonchev–Trinajstić information content (AvgIpc) is 2.84. The molecule has 1 heterocycles. The minimum Gasteiger partial charge on any atom is -0.362 e. The number of fused-ring (bicyclic) bond motifs is 1. The highest BCUT2D eigenvalue weighted by Gasteiger charge is 2.24. The molecule has 0 radical (unpaired) electrons. The molecule has 7 nitrogen and oxygen atoms in total. The lowest BCUT2D eigenvalue weighted by Gasteiger charge is -2.30. The lowest BCUT2D eigenvalue weighted by molar-refractivity contribution is 0.243. The summed E-state index contributed by atoms with van der Waals surface area (Å²) in [5.41, 5.74) is 4.25. The fourth-order valence-corrected chi connectivity index (χ4v) is 4.91. The Morgan fingerprint density at radius 1 is 1.00 bits per heavy atom. The summed E-state index contributed by atoms with van der Waals surface area (Å²) in [5.74, 6) is 1.93. The lowest BCUT2D eigenvalue weighted by atomic mass is 9.91. The Labute approximate surface area is 208 Å². The minimum atomic E-state index is -0.113. The number of hydrogen-bond acceptors (Lipinski definition) is 5. The van der Waals surface area contributed by atoms with Gasteiger partial charge in [0.15, 0.2) is 0 Å². The molecule has 1 saturated carbocycles. The van der Waals surface area contributed by atoms with Crippen LogP contribution >= 0.6 is 0 Å². The molecule has 2 amide bonds. The number of nitrogens with zero attached hydrogens (tertiary/aromatic N) is 3. The molecular weight excluding hydrogens is 436 g/mol. The molecule has 0 spiro atoms. The number of rotatable bonds is 7. The van der Waals surface area contributed by atoms with Gasteiger partial charge < -0.3 is 20.9 Å². The van der Waals surface area contributed by atoms with Crippen molar-refractivity contribution in [1.29, 1.82) is 0 Å². The molecular formula is C28H38N6O. The van der Waals surface area contributed by atoms with Gasteiger partial charge in [-0.05, 0) is 61.3 Å². The predicted molar refractivity (Wildman–Crippen MR) is 146 cm³/mol. The number of amides is 2. The van der Waals surface area contributed by atoms with Crippen LogP contribution in [0.2, 0.25) is 0 Å². The first-order valence-electron chi connectivity index (χ1n) is 12.8. The molecule has 1 aliphatic carbocycles. The molecule has 0 atom stereocenters. The summed E-state index contributed by atoms with van der Waals surface area (Å²) >= 11 is 0. The van der Waals surface area contributed by atoms with Crippen LogP contribution in [0.5, 0.6) is 0 Å². The van der Waals surface area contributed by atoms with E-state index in [0.717, 1.165) is 54.5 Å². The quantitative estimate of drug-likeness (QED) is 0.396. The molecule has 0 saturated heterocycles. The number of aryl methyl sites for hydroxylation is 1.